The standard InChI is InChI=1S/C13H13F3N2OS3/c1-8(11(19)17-7-13(14,15)16)21-5-9-6-22-12(18-9)10-3-2-4-20-10/h2-4,6,8H,5,7H2,1H3,(H,17,19). The van der Waals surface area contributed by atoms with Crippen LogP contribution in [0, 0.1) is 0 Å². The Hall–Kier alpha value is -1.06. The topological polar surface area (TPSA) is 42.0 Å². The molecule has 3 nitrogen and oxygen atoms in total. The fourth-order valence-corrected chi connectivity index (χ4v) is 4.05. The van der Waals surface area contributed by atoms with Gasteiger partial charge in [0, 0.05) is 11.1 Å². The molecule has 1 N–H and O–H groups in total. The second kappa shape index (κ2) is 7.47. The summed E-state index contributed by atoms with van der Waals surface area (Å²) in [6.45, 7) is 0.291. The summed E-state index contributed by atoms with van der Waals surface area (Å²) in [6, 6.07) is 3.93. The first-order chi connectivity index (χ1) is 10.3. The van der Waals surface area contributed by atoms with Gasteiger partial charge in [0.25, 0.3) is 0 Å². The highest BCUT2D eigenvalue weighted by Gasteiger charge is 2.28. The van der Waals surface area contributed by atoms with Crippen molar-refractivity contribution in [2.24, 2.45) is 0 Å². The molecule has 0 aliphatic heterocycles. The quantitative estimate of drug-likeness (QED) is 0.834. The SMILES string of the molecule is CC(SCc1csc(-c2cccs2)n1)C(=O)NCC(F)(F)F. The van der Waals surface area contributed by atoms with Gasteiger partial charge in [-0.25, -0.2) is 4.98 Å². The zero-order valence-electron chi connectivity index (χ0n) is 11.5. The van der Waals surface area contributed by atoms with Gasteiger partial charge in [-0.05, 0) is 18.4 Å². The van der Waals surface area contributed by atoms with E-state index >= 15 is 0 Å². The smallest absolute Gasteiger partial charge is 0.346 e. The van der Waals surface area contributed by atoms with Gasteiger partial charge in [-0.1, -0.05) is 6.07 Å². The Morgan fingerprint density at radius 2 is 2.23 bits per heavy atom. The first-order valence-corrected chi connectivity index (χ1v) is 9.10. The molecule has 0 saturated heterocycles. The lowest BCUT2D eigenvalue weighted by atomic mass is 10.4. The molecule has 2 heterocycles. The Bertz CT molecular complexity index is 610. The summed E-state index contributed by atoms with van der Waals surface area (Å²) in [5, 5.41) is 6.12. The molecule has 22 heavy (non-hydrogen) atoms. The van der Waals surface area contributed by atoms with E-state index in [2.05, 4.69) is 4.98 Å². The molecule has 1 unspecified atom stereocenters. The van der Waals surface area contributed by atoms with Gasteiger partial charge in [-0.3, -0.25) is 4.79 Å². The first-order valence-electron chi connectivity index (χ1n) is 6.29. The van der Waals surface area contributed by atoms with Crippen LogP contribution in [0.4, 0.5) is 13.2 Å². The summed E-state index contributed by atoms with van der Waals surface area (Å²) in [4.78, 5) is 17.1. The van der Waals surface area contributed by atoms with Crippen LogP contribution in [0.15, 0.2) is 22.9 Å². The fourth-order valence-electron chi connectivity index (χ4n) is 1.50. The number of halogens is 3. The van der Waals surface area contributed by atoms with Crippen LogP contribution in [0.5, 0.6) is 0 Å². The molecule has 0 bridgehead atoms. The van der Waals surface area contributed by atoms with Crippen LogP contribution < -0.4 is 5.32 Å². The normalized spacial score (nSPS) is 13.1. The van der Waals surface area contributed by atoms with Crippen molar-refractivity contribution in [3.8, 4) is 9.88 Å². The van der Waals surface area contributed by atoms with Crippen molar-refractivity contribution in [3.05, 3.63) is 28.6 Å². The van der Waals surface area contributed by atoms with Gasteiger partial charge in [0.05, 0.1) is 15.8 Å². The Balaban J connectivity index is 1.81. The molecular weight excluding hydrogens is 353 g/mol. The van der Waals surface area contributed by atoms with Crippen LogP contribution in [0.1, 0.15) is 12.6 Å². The second-order valence-corrected chi connectivity index (χ2v) is 7.54. The Morgan fingerprint density at radius 3 is 2.86 bits per heavy atom. The number of hydrogen-bond donors (Lipinski definition) is 1. The van der Waals surface area contributed by atoms with Gasteiger partial charge < -0.3 is 5.32 Å². The van der Waals surface area contributed by atoms with E-state index in [-0.39, 0.29) is 0 Å². The molecule has 2 rings (SSSR count). The number of thiophene rings is 1. The highest BCUT2D eigenvalue weighted by atomic mass is 32.2. The van der Waals surface area contributed by atoms with Gasteiger partial charge in [-0.2, -0.15) is 13.2 Å². The van der Waals surface area contributed by atoms with Crippen LogP contribution in [0.2, 0.25) is 0 Å². The average molecular weight is 366 g/mol. The number of carbonyl (C=O) groups excluding carboxylic acids is 1. The van der Waals surface area contributed by atoms with E-state index in [1.54, 1.807) is 18.3 Å². The predicted molar refractivity (Wildman–Crippen MR) is 85.2 cm³/mol. The number of thiazole rings is 1. The molecule has 0 aliphatic rings. The monoisotopic (exact) mass is 366 g/mol. The maximum atomic E-state index is 12.0. The maximum Gasteiger partial charge on any atom is 0.405 e. The maximum absolute atomic E-state index is 12.0. The molecule has 120 valence electrons. The van der Waals surface area contributed by atoms with E-state index in [0.717, 1.165) is 15.6 Å². The number of nitrogens with zero attached hydrogens (tertiary/aromatic N) is 1. The molecule has 0 aromatic carbocycles. The highest BCUT2D eigenvalue weighted by molar-refractivity contribution is 7.99. The van der Waals surface area contributed by atoms with Crippen LogP contribution in [-0.2, 0) is 10.5 Å². The minimum absolute atomic E-state index is 0.489. The van der Waals surface area contributed by atoms with Crippen molar-refractivity contribution in [1.82, 2.24) is 10.3 Å². The van der Waals surface area contributed by atoms with Crippen molar-refractivity contribution >= 4 is 40.3 Å². The summed E-state index contributed by atoms with van der Waals surface area (Å²) in [7, 11) is 0. The number of nitrogens with one attached hydrogen (secondary N) is 1. The van der Waals surface area contributed by atoms with Crippen LogP contribution in [-0.4, -0.2) is 28.9 Å². The number of thioether (sulfide) groups is 1. The van der Waals surface area contributed by atoms with Gasteiger partial charge in [-0.15, -0.1) is 34.4 Å². The van der Waals surface area contributed by atoms with E-state index in [9.17, 15) is 18.0 Å². The lowest BCUT2D eigenvalue weighted by Gasteiger charge is -2.12. The number of amides is 1. The molecular formula is C13H13F3N2OS3. The predicted octanol–water partition coefficient (Wildman–Crippen LogP) is 4.17. The number of rotatable bonds is 6. The third kappa shape index (κ3) is 5.29. The van der Waals surface area contributed by atoms with E-state index in [1.807, 2.05) is 28.2 Å². The van der Waals surface area contributed by atoms with Crippen molar-refractivity contribution in [2.45, 2.75) is 24.1 Å². The highest BCUT2D eigenvalue weighted by Crippen LogP contribution is 2.29. The van der Waals surface area contributed by atoms with Crippen LogP contribution in [0.25, 0.3) is 9.88 Å². The van der Waals surface area contributed by atoms with Gasteiger partial charge in [0.1, 0.15) is 11.6 Å². The summed E-state index contributed by atoms with van der Waals surface area (Å²) in [5.41, 5.74) is 0.828. The molecule has 0 saturated carbocycles. The van der Waals surface area contributed by atoms with Crippen molar-refractivity contribution in [3.63, 3.8) is 0 Å². The molecule has 0 spiro atoms. The van der Waals surface area contributed by atoms with E-state index in [0.29, 0.717) is 5.75 Å². The molecule has 2 aromatic rings. The summed E-state index contributed by atoms with van der Waals surface area (Å²) < 4.78 is 36.1. The second-order valence-electron chi connectivity index (χ2n) is 4.41. The third-order valence-electron chi connectivity index (χ3n) is 2.60. The number of carbonyl (C=O) groups is 1. The fraction of sp³-hybridized carbons (Fsp3) is 0.385. The van der Waals surface area contributed by atoms with Crippen molar-refractivity contribution in [2.75, 3.05) is 6.54 Å². The van der Waals surface area contributed by atoms with Gasteiger partial charge in [0.15, 0.2) is 0 Å². The lowest BCUT2D eigenvalue weighted by Crippen LogP contribution is -2.38. The van der Waals surface area contributed by atoms with E-state index in [4.69, 9.17) is 0 Å². The average Bonchev–Trinajstić information content (AvgIpc) is 3.11. The molecule has 1 amide bonds. The Labute approximate surface area is 138 Å². The summed E-state index contributed by atoms with van der Waals surface area (Å²) in [6.07, 6.45) is -4.38. The van der Waals surface area contributed by atoms with Crippen LogP contribution in [0.3, 0.4) is 0 Å². The van der Waals surface area contributed by atoms with Crippen molar-refractivity contribution in [1.29, 1.82) is 0 Å². The van der Waals surface area contributed by atoms with Crippen molar-refractivity contribution < 1.29 is 18.0 Å². The molecule has 0 aliphatic carbocycles. The lowest BCUT2D eigenvalue weighted by molar-refractivity contribution is -0.137. The zero-order chi connectivity index (χ0) is 16.2. The summed E-state index contributed by atoms with van der Waals surface area (Å²) in [5.74, 6) is -0.126. The molecule has 1 atom stereocenters. The largest absolute Gasteiger partial charge is 0.405 e. The van der Waals surface area contributed by atoms with Crippen LogP contribution >= 0.6 is 34.4 Å². The molecule has 0 radical (unpaired) electrons. The zero-order valence-corrected chi connectivity index (χ0v) is 14.0. The molecule has 2 aromatic heterocycles. The Morgan fingerprint density at radius 1 is 1.45 bits per heavy atom. The number of hydrogen-bond acceptors (Lipinski definition) is 5. The minimum atomic E-state index is -4.38. The minimum Gasteiger partial charge on any atom is -0.346 e. The first kappa shape index (κ1) is 17.3. The summed E-state index contributed by atoms with van der Waals surface area (Å²) >= 11 is 4.38. The van der Waals surface area contributed by atoms with E-state index < -0.39 is 23.9 Å². The van der Waals surface area contributed by atoms with Gasteiger partial charge in [0.2, 0.25) is 5.91 Å². The number of alkyl halides is 3. The van der Waals surface area contributed by atoms with Gasteiger partial charge >= 0.3 is 6.18 Å². The Kier molecular flexibility index (Phi) is 5.87. The number of aromatic nitrogens is 1. The van der Waals surface area contributed by atoms with E-state index in [1.165, 1.54) is 23.1 Å². The molecule has 9 heteroatoms. The molecule has 0 fully saturated rings. The third-order valence-corrected chi connectivity index (χ3v) is 5.70.